The molecule has 2 N–H and O–H groups in total. The van der Waals surface area contributed by atoms with Crippen LogP contribution < -0.4 is 5.32 Å². The Morgan fingerprint density at radius 2 is 1.83 bits per heavy atom. The van der Waals surface area contributed by atoms with E-state index < -0.39 is 17.3 Å². The molecule has 0 unspecified atom stereocenters. The number of nitrogens with zero attached hydrogens (tertiary/aromatic N) is 3. The van der Waals surface area contributed by atoms with E-state index in [-0.39, 0.29) is 11.6 Å². The largest absolute Gasteiger partial charge is 0.313 e. The van der Waals surface area contributed by atoms with Crippen molar-refractivity contribution in [2.75, 3.05) is 13.1 Å². The molecule has 1 aliphatic heterocycles. The second-order valence-electron chi connectivity index (χ2n) is 5.86. The van der Waals surface area contributed by atoms with Crippen LogP contribution in [0.3, 0.4) is 0 Å². The van der Waals surface area contributed by atoms with E-state index in [0.717, 1.165) is 11.1 Å². The molecule has 0 amide bonds. The van der Waals surface area contributed by atoms with E-state index in [2.05, 4.69) is 23.5 Å². The zero-order valence-corrected chi connectivity index (χ0v) is 12.5. The molecule has 3 rings (SSSR count). The van der Waals surface area contributed by atoms with Crippen LogP contribution in [0.2, 0.25) is 0 Å². The second-order valence-corrected chi connectivity index (χ2v) is 5.86. The van der Waals surface area contributed by atoms with E-state index in [0.29, 0.717) is 13.1 Å². The molecule has 1 fully saturated rings. The van der Waals surface area contributed by atoms with Crippen LogP contribution in [0.5, 0.6) is 0 Å². The van der Waals surface area contributed by atoms with Gasteiger partial charge in [0.2, 0.25) is 0 Å². The summed E-state index contributed by atoms with van der Waals surface area (Å²) in [6.07, 6.45) is 1.94. The molecule has 0 bridgehead atoms. The van der Waals surface area contributed by atoms with E-state index in [1.807, 2.05) is 36.4 Å². The number of nitriles is 3. The summed E-state index contributed by atoms with van der Waals surface area (Å²) in [6.45, 7) is 1.24. The molecule has 1 aliphatic carbocycles. The standard InChI is InChI=1S/C18H15N5/c19-8-14-13-6-7-23-9-15(13)16(12-4-2-1-3-5-12)18(10-20,11-21)17(14)22/h1-6,14-16,22-23H,7,9H2/t14-,15+,16-/m1/s1. The van der Waals surface area contributed by atoms with Gasteiger partial charge in [0.05, 0.1) is 23.9 Å². The first-order chi connectivity index (χ1) is 11.2. The lowest BCUT2D eigenvalue weighted by Gasteiger charge is -2.45. The average Bonchev–Trinajstić information content (AvgIpc) is 2.61. The van der Waals surface area contributed by atoms with Crippen molar-refractivity contribution < 1.29 is 0 Å². The number of hydrogen-bond acceptors (Lipinski definition) is 5. The molecule has 0 saturated heterocycles. The van der Waals surface area contributed by atoms with E-state index in [1.165, 1.54) is 0 Å². The van der Waals surface area contributed by atoms with Crippen molar-refractivity contribution >= 4 is 5.71 Å². The van der Waals surface area contributed by atoms with Crippen molar-refractivity contribution in [3.05, 3.63) is 47.5 Å². The maximum Gasteiger partial charge on any atom is 0.189 e. The zero-order chi connectivity index (χ0) is 16.4. The third-order valence-corrected chi connectivity index (χ3v) is 4.83. The minimum absolute atomic E-state index is 0.0942. The van der Waals surface area contributed by atoms with Gasteiger partial charge in [0, 0.05) is 24.9 Å². The van der Waals surface area contributed by atoms with Gasteiger partial charge in [-0.05, 0) is 11.1 Å². The molecule has 0 spiro atoms. The van der Waals surface area contributed by atoms with Gasteiger partial charge < -0.3 is 10.7 Å². The topological polar surface area (TPSA) is 107 Å². The Morgan fingerprint density at radius 3 is 2.43 bits per heavy atom. The Kier molecular flexibility index (Phi) is 3.70. The molecule has 1 heterocycles. The average molecular weight is 301 g/mol. The van der Waals surface area contributed by atoms with Crippen molar-refractivity contribution in [3.8, 4) is 18.2 Å². The molecule has 1 aromatic rings. The molecular formula is C18H15N5. The maximum absolute atomic E-state index is 9.78. The van der Waals surface area contributed by atoms with Crippen molar-refractivity contribution in [3.63, 3.8) is 0 Å². The first-order valence-corrected chi connectivity index (χ1v) is 7.46. The Morgan fingerprint density at radius 1 is 1.13 bits per heavy atom. The highest BCUT2D eigenvalue weighted by atomic mass is 14.9. The summed E-state index contributed by atoms with van der Waals surface area (Å²) in [6, 6.07) is 15.7. The van der Waals surface area contributed by atoms with Gasteiger partial charge in [0.1, 0.15) is 5.92 Å². The van der Waals surface area contributed by atoms with Gasteiger partial charge in [-0.1, -0.05) is 36.4 Å². The van der Waals surface area contributed by atoms with Crippen LogP contribution in [0.15, 0.2) is 42.0 Å². The first kappa shape index (κ1) is 15.0. The van der Waals surface area contributed by atoms with Gasteiger partial charge >= 0.3 is 0 Å². The molecule has 3 atom stereocenters. The number of rotatable bonds is 1. The molecular weight excluding hydrogens is 286 g/mol. The lowest BCUT2D eigenvalue weighted by Crippen LogP contribution is -2.52. The molecule has 1 saturated carbocycles. The number of fused-ring (bicyclic) bond motifs is 1. The third-order valence-electron chi connectivity index (χ3n) is 4.83. The predicted octanol–water partition coefficient (Wildman–Crippen LogP) is 2.12. The second kappa shape index (κ2) is 5.69. The highest BCUT2D eigenvalue weighted by molar-refractivity contribution is 6.00. The summed E-state index contributed by atoms with van der Waals surface area (Å²) in [5.41, 5.74) is 0.0220. The van der Waals surface area contributed by atoms with Gasteiger partial charge in [0.25, 0.3) is 0 Å². The Balaban J connectivity index is 2.26. The van der Waals surface area contributed by atoms with Crippen LogP contribution >= 0.6 is 0 Å². The molecule has 0 radical (unpaired) electrons. The van der Waals surface area contributed by atoms with E-state index in [4.69, 9.17) is 5.41 Å². The molecule has 0 aromatic heterocycles. The number of benzene rings is 1. The molecule has 23 heavy (non-hydrogen) atoms. The van der Waals surface area contributed by atoms with Gasteiger partial charge in [-0.3, -0.25) is 0 Å². The third kappa shape index (κ3) is 2.05. The fourth-order valence-corrected chi connectivity index (χ4v) is 3.77. The van der Waals surface area contributed by atoms with E-state index in [1.54, 1.807) is 0 Å². The van der Waals surface area contributed by atoms with Crippen LogP contribution in [0.25, 0.3) is 0 Å². The van der Waals surface area contributed by atoms with Crippen LogP contribution in [0.4, 0.5) is 0 Å². The summed E-state index contributed by atoms with van der Waals surface area (Å²) in [5.74, 6) is -1.37. The smallest absolute Gasteiger partial charge is 0.189 e. The highest BCUT2D eigenvalue weighted by Crippen LogP contribution is 2.52. The minimum Gasteiger partial charge on any atom is -0.313 e. The molecule has 5 heteroatoms. The quantitative estimate of drug-likeness (QED) is 0.774. The van der Waals surface area contributed by atoms with E-state index in [9.17, 15) is 15.8 Å². The zero-order valence-electron chi connectivity index (χ0n) is 12.5. The van der Waals surface area contributed by atoms with Crippen LogP contribution in [-0.4, -0.2) is 18.8 Å². The van der Waals surface area contributed by atoms with Crippen molar-refractivity contribution in [1.29, 1.82) is 21.2 Å². The normalized spacial score (nSPS) is 28.5. The van der Waals surface area contributed by atoms with Gasteiger partial charge in [-0.25, -0.2) is 0 Å². The molecule has 1 aromatic carbocycles. The van der Waals surface area contributed by atoms with E-state index >= 15 is 0 Å². The SMILES string of the molecule is N#C[C@H]1C(=N)C(C#N)(C#N)[C@H](c2ccccc2)[C@H]2CNCC=C12. The molecule has 112 valence electrons. The first-order valence-electron chi connectivity index (χ1n) is 7.46. The van der Waals surface area contributed by atoms with Crippen molar-refractivity contribution in [2.24, 2.45) is 17.3 Å². The monoisotopic (exact) mass is 301 g/mol. The predicted molar refractivity (Wildman–Crippen MR) is 84.1 cm³/mol. The summed E-state index contributed by atoms with van der Waals surface area (Å²) >= 11 is 0. The summed E-state index contributed by atoms with van der Waals surface area (Å²) in [5, 5.41) is 40.8. The molecule has 5 nitrogen and oxygen atoms in total. The summed E-state index contributed by atoms with van der Waals surface area (Å²) in [7, 11) is 0. The Bertz CT molecular complexity index is 773. The van der Waals surface area contributed by atoms with Gasteiger partial charge in [-0.15, -0.1) is 0 Å². The van der Waals surface area contributed by atoms with Crippen LogP contribution in [-0.2, 0) is 0 Å². The number of nitrogens with one attached hydrogen (secondary N) is 2. The number of hydrogen-bond donors (Lipinski definition) is 2. The fourth-order valence-electron chi connectivity index (χ4n) is 3.77. The van der Waals surface area contributed by atoms with Crippen LogP contribution in [0.1, 0.15) is 11.5 Å². The van der Waals surface area contributed by atoms with Crippen molar-refractivity contribution in [2.45, 2.75) is 5.92 Å². The minimum atomic E-state index is -1.61. The van der Waals surface area contributed by atoms with Crippen molar-refractivity contribution in [1.82, 2.24) is 5.32 Å². The van der Waals surface area contributed by atoms with Crippen LogP contribution in [0, 0.1) is 56.7 Å². The van der Waals surface area contributed by atoms with Gasteiger partial charge in [0.15, 0.2) is 5.41 Å². The fraction of sp³-hybridized carbons (Fsp3) is 0.333. The Hall–Kier alpha value is -2.94. The lowest BCUT2D eigenvalue weighted by atomic mass is 9.54. The Labute approximate surface area is 135 Å². The lowest BCUT2D eigenvalue weighted by molar-refractivity contribution is 0.332. The summed E-state index contributed by atoms with van der Waals surface area (Å²) < 4.78 is 0. The highest BCUT2D eigenvalue weighted by Gasteiger charge is 2.57. The summed E-state index contributed by atoms with van der Waals surface area (Å²) in [4.78, 5) is 0. The van der Waals surface area contributed by atoms with Gasteiger partial charge in [-0.2, -0.15) is 15.8 Å². The molecule has 2 aliphatic rings. The maximum atomic E-state index is 9.78.